The number of pyridine rings is 1. The Bertz CT molecular complexity index is 684. The summed E-state index contributed by atoms with van der Waals surface area (Å²) in [5, 5.41) is 14.8. The third-order valence-corrected chi connectivity index (χ3v) is 3.67. The molecule has 0 unspecified atom stereocenters. The molecule has 0 aliphatic rings. The van der Waals surface area contributed by atoms with Crippen molar-refractivity contribution in [1.82, 2.24) is 4.98 Å². The van der Waals surface area contributed by atoms with Crippen molar-refractivity contribution >= 4 is 46.2 Å². The maximum Gasteiger partial charge on any atom is 0.269 e. The summed E-state index contributed by atoms with van der Waals surface area (Å²) < 4.78 is 0. The topological polar surface area (TPSA) is 68.1 Å². The largest absolute Gasteiger partial charge is 0.378 e. The van der Waals surface area contributed by atoms with Crippen LogP contribution in [-0.2, 0) is 6.54 Å². The van der Waals surface area contributed by atoms with E-state index in [1.54, 1.807) is 6.07 Å². The number of rotatable bonds is 4. The van der Waals surface area contributed by atoms with Crippen LogP contribution in [0.3, 0.4) is 0 Å². The molecule has 21 heavy (non-hydrogen) atoms. The van der Waals surface area contributed by atoms with Gasteiger partial charge in [0, 0.05) is 23.7 Å². The van der Waals surface area contributed by atoms with Crippen LogP contribution >= 0.6 is 34.8 Å². The van der Waals surface area contributed by atoms with Gasteiger partial charge in [-0.25, -0.2) is 4.98 Å². The third kappa shape index (κ3) is 3.75. The summed E-state index contributed by atoms with van der Waals surface area (Å²) in [4.78, 5) is 14.3. The second kappa shape index (κ2) is 6.47. The number of aromatic nitrogens is 1. The molecular weight excluding hydrogens is 337 g/mol. The number of nitro benzene ring substituents is 1. The zero-order valence-electron chi connectivity index (χ0n) is 10.9. The van der Waals surface area contributed by atoms with Crippen LogP contribution in [0.1, 0.15) is 11.1 Å². The molecule has 0 bridgehead atoms. The van der Waals surface area contributed by atoms with Crippen molar-refractivity contribution in [3.63, 3.8) is 0 Å². The van der Waals surface area contributed by atoms with E-state index in [0.717, 1.165) is 5.56 Å². The Morgan fingerprint density at radius 2 is 2.00 bits per heavy atom. The molecule has 2 rings (SSSR count). The Hall–Kier alpha value is -1.56. The lowest BCUT2D eigenvalue weighted by atomic mass is 10.2. The molecule has 1 N–H and O–H groups in total. The minimum atomic E-state index is -0.470. The molecule has 0 saturated heterocycles. The fourth-order valence-corrected chi connectivity index (χ4v) is 2.58. The maximum absolute atomic E-state index is 10.8. The smallest absolute Gasteiger partial charge is 0.269 e. The molecular formula is C13H10Cl3N3O2. The lowest BCUT2D eigenvalue weighted by Crippen LogP contribution is -2.04. The Labute approximate surface area is 136 Å². The second-order valence-corrected chi connectivity index (χ2v) is 5.47. The molecule has 1 aromatic heterocycles. The SMILES string of the molecule is Cc1cc(Cl)nc(Cl)c1NCc1cc([N+](=O)[O-])ccc1Cl. The highest BCUT2D eigenvalue weighted by Crippen LogP contribution is 2.28. The molecule has 0 fully saturated rings. The first-order valence-electron chi connectivity index (χ1n) is 5.88. The van der Waals surface area contributed by atoms with Gasteiger partial charge in [-0.1, -0.05) is 34.8 Å². The Balaban J connectivity index is 2.24. The van der Waals surface area contributed by atoms with Crippen molar-refractivity contribution in [2.24, 2.45) is 0 Å². The van der Waals surface area contributed by atoms with E-state index < -0.39 is 4.92 Å². The summed E-state index contributed by atoms with van der Waals surface area (Å²) in [5.41, 5.74) is 2.01. The molecule has 2 aromatic rings. The van der Waals surface area contributed by atoms with Gasteiger partial charge in [0.05, 0.1) is 10.6 Å². The molecule has 0 radical (unpaired) electrons. The molecule has 0 aliphatic carbocycles. The van der Waals surface area contributed by atoms with Crippen molar-refractivity contribution in [3.05, 3.63) is 60.8 Å². The van der Waals surface area contributed by atoms with Gasteiger partial charge in [-0.05, 0) is 30.2 Å². The average Bonchev–Trinajstić information content (AvgIpc) is 2.39. The monoisotopic (exact) mass is 345 g/mol. The van der Waals surface area contributed by atoms with E-state index in [9.17, 15) is 10.1 Å². The first-order chi connectivity index (χ1) is 9.88. The van der Waals surface area contributed by atoms with Gasteiger partial charge in [0.25, 0.3) is 5.69 Å². The predicted octanol–water partition coefficient (Wildman–Crippen LogP) is 4.87. The quantitative estimate of drug-likeness (QED) is 0.487. The summed E-state index contributed by atoms with van der Waals surface area (Å²) in [5.74, 6) is 0. The molecule has 8 heteroatoms. The third-order valence-electron chi connectivity index (χ3n) is 2.84. The molecule has 1 aromatic carbocycles. The first kappa shape index (κ1) is 15.8. The van der Waals surface area contributed by atoms with Crippen molar-refractivity contribution in [2.75, 3.05) is 5.32 Å². The zero-order chi connectivity index (χ0) is 15.6. The minimum absolute atomic E-state index is 0.0201. The lowest BCUT2D eigenvalue weighted by Gasteiger charge is -2.12. The summed E-state index contributed by atoms with van der Waals surface area (Å²) >= 11 is 17.9. The standard InChI is InChI=1S/C13H10Cl3N3O2/c1-7-4-11(15)18-13(16)12(7)17-6-8-5-9(19(20)21)2-3-10(8)14/h2-5,17H,6H2,1H3. The molecule has 0 spiro atoms. The molecule has 0 atom stereocenters. The number of nitrogens with one attached hydrogen (secondary N) is 1. The fourth-order valence-electron chi connectivity index (χ4n) is 1.80. The van der Waals surface area contributed by atoms with Crippen molar-refractivity contribution in [2.45, 2.75) is 13.5 Å². The van der Waals surface area contributed by atoms with Crippen LogP contribution < -0.4 is 5.32 Å². The van der Waals surface area contributed by atoms with Gasteiger partial charge in [0.1, 0.15) is 5.15 Å². The number of non-ortho nitro benzene ring substituents is 1. The van der Waals surface area contributed by atoms with Crippen LogP contribution in [0.5, 0.6) is 0 Å². The van der Waals surface area contributed by atoms with Crippen molar-refractivity contribution in [1.29, 1.82) is 0 Å². The van der Waals surface area contributed by atoms with Gasteiger partial charge in [0.2, 0.25) is 0 Å². The normalized spacial score (nSPS) is 10.5. The van der Waals surface area contributed by atoms with Crippen LogP contribution in [0.2, 0.25) is 15.3 Å². The maximum atomic E-state index is 10.8. The van der Waals surface area contributed by atoms with E-state index >= 15 is 0 Å². The summed E-state index contributed by atoms with van der Waals surface area (Å²) in [6, 6.07) is 5.94. The van der Waals surface area contributed by atoms with Gasteiger partial charge in [-0.15, -0.1) is 0 Å². The number of halogens is 3. The molecule has 1 heterocycles. The molecule has 5 nitrogen and oxygen atoms in total. The van der Waals surface area contributed by atoms with Crippen LogP contribution in [0, 0.1) is 17.0 Å². The van der Waals surface area contributed by atoms with Crippen LogP contribution in [0.15, 0.2) is 24.3 Å². The summed E-state index contributed by atoms with van der Waals surface area (Å²) in [6.45, 7) is 2.11. The van der Waals surface area contributed by atoms with Gasteiger partial charge in [-0.3, -0.25) is 10.1 Å². The Morgan fingerprint density at radius 1 is 1.29 bits per heavy atom. The van der Waals surface area contributed by atoms with Gasteiger partial charge in [0.15, 0.2) is 5.15 Å². The van der Waals surface area contributed by atoms with Crippen LogP contribution in [0.25, 0.3) is 0 Å². The summed E-state index contributed by atoms with van der Waals surface area (Å²) in [7, 11) is 0. The molecule has 0 amide bonds. The lowest BCUT2D eigenvalue weighted by molar-refractivity contribution is -0.384. The Morgan fingerprint density at radius 3 is 2.62 bits per heavy atom. The number of benzene rings is 1. The van der Waals surface area contributed by atoms with E-state index in [0.29, 0.717) is 21.4 Å². The highest BCUT2D eigenvalue weighted by atomic mass is 35.5. The minimum Gasteiger partial charge on any atom is -0.378 e. The molecule has 0 saturated carbocycles. The van der Waals surface area contributed by atoms with E-state index in [-0.39, 0.29) is 17.4 Å². The predicted molar refractivity (Wildman–Crippen MR) is 84.4 cm³/mol. The van der Waals surface area contributed by atoms with E-state index in [4.69, 9.17) is 34.8 Å². The van der Waals surface area contributed by atoms with Crippen LogP contribution in [-0.4, -0.2) is 9.91 Å². The number of aryl methyl sites for hydroxylation is 1. The van der Waals surface area contributed by atoms with E-state index in [1.165, 1.54) is 18.2 Å². The van der Waals surface area contributed by atoms with Crippen molar-refractivity contribution < 1.29 is 4.92 Å². The number of nitrogens with zero attached hydrogens (tertiary/aromatic N) is 2. The van der Waals surface area contributed by atoms with Gasteiger partial charge in [-0.2, -0.15) is 0 Å². The molecule has 0 aliphatic heterocycles. The highest BCUT2D eigenvalue weighted by molar-refractivity contribution is 6.34. The van der Waals surface area contributed by atoms with Crippen molar-refractivity contribution in [3.8, 4) is 0 Å². The van der Waals surface area contributed by atoms with Gasteiger partial charge >= 0.3 is 0 Å². The van der Waals surface area contributed by atoms with Gasteiger partial charge < -0.3 is 5.32 Å². The average molecular weight is 347 g/mol. The highest BCUT2D eigenvalue weighted by Gasteiger charge is 2.12. The number of anilines is 1. The van der Waals surface area contributed by atoms with Crippen LogP contribution in [0.4, 0.5) is 11.4 Å². The number of nitro groups is 1. The molecule has 110 valence electrons. The zero-order valence-corrected chi connectivity index (χ0v) is 13.1. The number of hydrogen-bond acceptors (Lipinski definition) is 4. The fraction of sp³-hybridized carbons (Fsp3) is 0.154. The summed E-state index contributed by atoms with van der Waals surface area (Å²) in [6.07, 6.45) is 0. The first-order valence-corrected chi connectivity index (χ1v) is 7.01. The van der Waals surface area contributed by atoms with E-state index in [2.05, 4.69) is 10.3 Å². The van der Waals surface area contributed by atoms with E-state index in [1.807, 2.05) is 6.92 Å². The number of hydrogen-bond donors (Lipinski definition) is 1. The Kier molecular flexibility index (Phi) is 4.88. The second-order valence-electron chi connectivity index (χ2n) is 4.31.